The van der Waals surface area contributed by atoms with Crippen LogP contribution in [0.1, 0.15) is 43.0 Å². The number of hydrogen-bond acceptors (Lipinski definition) is 3. The molecule has 1 aromatic carbocycles. The predicted octanol–water partition coefficient (Wildman–Crippen LogP) is 3.97. The number of likely N-dealkylation sites (tertiary alicyclic amines) is 1. The average Bonchev–Trinajstić information content (AvgIpc) is 3.11. The first kappa shape index (κ1) is 13.8. The van der Waals surface area contributed by atoms with Gasteiger partial charge in [0.25, 0.3) is 0 Å². The van der Waals surface area contributed by atoms with Crippen molar-refractivity contribution in [3.8, 4) is 0 Å². The van der Waals surface area contributed by atoms with Gasteiger partial charge in [0.05, 0.1) is 6.04 Å². The van der Waals surface area contributed by atoms with Gasteiger partial charge < -0.3 is 5.73 Å². The monoisotopic (exact) mass is 286 g/mol. The minimum absolute atomic E-state index is 0.147. The normalized spacial score (nSPS) is 22.8. The maximum Gasteiger partial charge on any atom is 0.0510 e. The van der Waals surface area contributed by atoms with Crippen LogP contribution in [0.3, 0.4) is 0 Å². The average molecular weight is 286 g/mol. The topological polar surface area (TPSA) is 29.3 Å². The molecule has 2 heterocycles. The quantitative estimate of drug-likeness (QED) is 0.921. The Morgan fingerprint density at radius 2 is 2.05 bits per heavy atom. The van der Waals surface area contributed by atoms with Crippen molar-refractivity contribution in [3.63, 3.8) is 0 Å². The predicted molar refractivity (Wildman–Crippen MR) is 85.8 cm³/mol. The number of benzene rings is 1. The molecular weight excluding hydrogens is 264 g/mol. The lowest BCUT2D eigenvalue weighted by molar-refractivity contribution is 0.161. The summed E-state index contributed by atoms with van der Waals surface area (Å²) in [7, 11) is 0. The number of nitrogens with zero attached hydrogens (tertiary/aromatic N) is 1. The van der Waals surface area contributed by atoms with E-state index in [4.69, 9.17) is 5.73 Å². The molecule has 0 amide bonds. The number of rotatable bonds is 4. The third-order valence-corrected chi connectivity index (χ3v) is 4.92. The summed E-state index contributed by atoms with van der Waals surface area (Å²) in [4.78, 5) is 2.60. The summed E-state index contributed by atoms with van der Waals surface area (Å²) >= 11 is 1.76. The van der Waals surface area contributed by atoms with E-state index in [2.05, 4.69) is 59.0 Å². The Kier molecular flexibility index (Phi) is 4.20. The van der Waals surface area contributed by atoms with Gasteiger partial charge in [-0.2, -0.15) is 11.3 Å². The highest BCUT2D eigenvalue weighted by molar-refractivity contribution is 7.07. The van der Waals surface area contributed by atoms with Gasteiger partial charge in [0, 0.05) is 12.1 Å². The van der Waals surface area contributed by atoms with E-state index in [-0.39, 0.29) is 6.04 Å². The van der Waals surface area contributed by atoms with Gasteiger partial charge in [-0.05, 0) is 54.3 Å². The zero-order chi connectivity index (χ0) is 13.9. The number of hydrogen-bond donors (Lipinski definition) is 1. The van der Waals surface area contributed by atoms with Crippen molar-refractivity contribution >= 4 is 11.3 Å². The van der Waals surface area contributed by atoms with Crippen LogP contribution in [0.4, 0.5) is 0 Å². The highest BCUT2D eigenvalue weighted by atomic mass is 32.1. The number of thiophene rings is 1. The minimum atomic E-state index is 0.147. The molecule has 2 nitrogen and oxygen atoms in total. The molecule has 3 unspecified atom stereocenters. The molecule has 106 valence electrons. The molecule has 2 aromatic rings. The van der Waals surface area contributed by atoms with E-state index in [9.17, 15) is 0 Å². The Morgan fingerprint density at radius 1 is 1.25 bits per heavy atom. The number of nitrogens with two attached hydrogens (primary N) is 1. The van der Waals surface area contributed by atoms with Crippen LogP contribution >= 0.6 is 11.3 Å². The molecular formula is C17H22N2S. The molecule has 2 N–H and O–H groups in total. The van der Waals surface area contributed by atoms with Crippen molar-refractivity contribution in [2.75, 3.05) is 6.54 Å². The Labute approximate surface area is 125 Å². The van der Waals surface area contributed by atoms with Crippen LogP contribution in [0.15, 0.2) is 47.2 Å². The van der Waals surface area contributed by atoms with E-state index in [1.165, 1.54) is 24.0 Å². The van der Waals surface area contributed by atoms with Crippen LogP contribution in [0, 0.1) is 0 Å². The largest absolute Gasteiger partial charge is 0.326 e. The van der Waals surface area contributed by atoms with E-state index >= 15 is 0 Å². The molecule has 1 aliphatic rings. The van der Waals surface area contributed by atoms with Crippen LogP contribution in [0.5, 0.6) is 0 Å². The van der Waals surface area contributed by atoms with E-state index in [1.54, 1.807) is 11.3 Å². The summed E-state index contributed by atoms with van der Waals surface area (Å²) in [5, 5.41) is 4.40. The lowest BCUT2D eigenvalue weighted by atomic mass is 9.98. The summed E-state index contributed by atoms with van der Waals surface area (Å²) in [6.07, 6.45) is 2.49. The SMILES string of the molecule is CC(N)C(c1ccsc1)N1CCCC1c1ccccc1. The van der Waals surface area contributed by atoms with Crippen molar-refractivity contribution in [2.24, 2.45) is 5.73 Å². The van der Waals surface area contributed by atoms with Crippen LogP contribution in [-0.4, -0.2) is 17.5 Å². The minimum Gasteiger partial charge on any atom is -0.326 e. The van der Waals surface area contributed by atoms with Crippen molar-refractivity contribution < 1.29 is 0 Å². The first-order chi connectivity index (χ1) is 9.77. The van der Waals surface area contributed by atoms with Gasteiger partial charge in [0.1, 0.15) is 0 Å². The first-order valence-corrected chi connectivity index (χ1v) is 8.30. The van der Waals surface area contributed by atoms with Gasteiger partial charge in [-0.3, -0.25) is 4.90 Å². The van der Waals surface area contributed by atoms with E-state index < -0.39 is 0 Å². The molecule has 3 rings (SSSR count). The van der Waals surface area contributed by atoms with Crippen LogP contribution < -0.4 is 5.73 Å². The smallest absolute Gasteiger partial charge is 0.0510 e. The fourth-order valence-corrected chi connectivity index (χ4v) is 4.08. The zero-order valence-electron chi connectivity index (χ0n) is 11.9. The molecule has 0 saturated carbocycles. The summed E-state index contributed by atoms with van der Waals surface area (Å²) in [5.74, 6) is 0. The van der Waals surface area contributed by atoms with Gasteiger partial charge >= 0.3 is 0 Å². The van der Waals surface area contributed by atoms with Crippen LogP contribution in [0.2, 0.25) is 0 Å². The third-order valence-electron chi connectivity index (χ3n) is 4.22. The van der Waals surface area contributed by atoms with E-state index in [0.717, 1.165) is 6.54 Å². The van der Waals surface area contributed by atoms with Gasteiger partial charge in [-0.1, -0.05) is 30.3 Å². The second-order valence-corrected chi connectivity index (χ2v) is 6.45. The highest BCUT2D eigenvalue weighted by Gasteiger charge is 2.34. The van der Waals surface area contributed by atoms with Crippen molar-refractivity contribution in [2.45, 2.75) is 37.9 Å². The molecule has 0 radical (unpaired) electrons. The van der Waals surface area contributed by atoms with Gasteiger partial charge in [0.2, 0.25) is 0 Å². The van der Waals surface area contributed by atoms with Gasteiger partial charge in [-0.25, -0.2) is 0 Å². The molecule has 0 bridgehead atoms. The highest BCUT2D eigenvalue weighted by Crippen LogP contribution is 2.40. The van der Waals surface area contributed by atoms with E-state index in [0.29, 0.717) is 12.1 Å². The maximum atomic E-state index is 6.31. The van der Waals surface area contributed by atoms with Crippen LogP contribution in [-0.2, 0) is 0 Å². The summed E-state index contributed by atoms with van der Waals surface area (Å²) in [6, 6.07) is 14.1. The van der Waals surface area contributed by atoms with Crippen molar-refractivity contribution in [1.29, 1.82) is 0 Å². The molecule has 0 spiro atoms. The summed E-state index contributed by atoms with van der Waals surface area (Å²) in [6.45, 7) is 3.27. The molecule has 1 aliphatic heterocycles. The Bertz CT molecular complexity index is 521. The molecule has 1 aromatic heterocycles. The lowest BCUT2D eigenvalue weighted by Crippen LogP contribution is -2.39. The van der Waals surface area contributed by atoms with Gasteiger partial charge in [-0.15, -0.1) is 0 Å². The Hall–Kier alpha value is -1.16. The van der Waals surface area contributed by atoms with Gasteiger partial charge in [0.15, 0.2) is 0 Å². The Balaban J connectivity index is 1.90. The van der Waals surface area contributed by atoms with Crippen molar-refractivity contribution in [3.05, 3.63) is 58.3 Å². The fraction of sp³-hybridized carbons (Fsp3) is 0.412. The summed E-state index contributed by atoms with van der Waals surface area (Å²) in [5.41, 5.74) is 9.10. The summed E-state index contributed by atoms with van der Waals surface area (Å²) < 4.78 is 0. The molecule has 1 saturated heterocycles. The second-order valence-electron chi connectivity index (χ2n) is 5.67. The maximum absolute atomic E-state index is 6.31. The standard InChI is InChI=1S/C17H22N2S/c1-13(18)17(15-9-11-20-12-15)19-10-5-8-16(19)14-6-3-2-4-7-14/h2-4,6-7,9,11-13,16-17H,5,8,10,18H2,1H3. The molecule has 0 aliphatic carbocycles. The molecule has 3 atom stereocenters. The fourth-order valence-electron chi connectivity index (χ4n) is 3.40. The molecule has 20 heavy (non-hydrogen) atoms. The second kappa shape index (κ2) is 6.08. The molecule has 3 heteroatoms. The lowest BCUT2D eigenvalue weighted by Gasteiger charge is -2.35. The van der Waals surface area contributed by atoms with E-state index in [1.807, 2.05) is 0 Å². The molecule has 1 fully saturated rings. The zero-order valence-corrected chi connectivity index (χ0v) is 12.7. The Morgan fingerprint density at radius 3 is 2.70 bits per heavy atom. The first-order valence-electron chi connectivity index (χ1n) is 7.36. The third kappa shape index (κ3) is 2.66. The van der Waals surface area contributed by atoms with Crippen molar-refractivity contribution in [1.82, 2.24) is 4.90 Å². The van der Waals surface area contributed by atoms with Crippen LogP contribution in [0.25, 0.3) is 0 Å².